The molecule has 0 spiro atoms. The van der Waals surface area contributed by atoms with Gasteiger partial charge in [0.05, 0.1) is 18.2 Å². The van der Waals surface area contributed by atoms with Gasteiger partial charge in [-0.3, -0.25) is 4.79 Å². The monoisotopic (exact) mass is 447 g/mol. The van der Waals surface area contributed by atoms with Gasteiger partial charge in [-0.15, -0.1) is 11.3 Å². The maximum atomic E-state index is 13.3. The molecule has 2 aromatic rings. The number of allylic oxidation sites excluding steroid dienone is 3. The van der Waals surface area contributed by atoms with Crippen LogP contribution >= 0.6 is 11.3 Å². The number of hydrogen-bond donors (Lipinski definition) is 1. The summed E-state index contributed by atoms with van der Waals surface area (Å²) >= 11 is 1.59. The van der Waals surface area contributed by atoms with Crippen LogP contribution in [0, 0.1) is 0 Å². The van der Waals surface area contributed by atoms with Crippen LogP contribution in [0.5, 0.6) is 0 Å². The number of benzene rings is 1. The van der Waals surface area contributed by atoms with Gasteiger partial charge in [-0.25, -0.2) is 4.79 Å². The van der Waals surface area contributed by atoms with Crippen molar-refractivity contribution >= 4 is 23.1 Å². The van der Waals surface area contributed by atoms with Gasteiger partial charge in [-0.05, 0) is 42.5 Å². The van der Waals surface area contributed by atoms with Gasteiger partial charge < -0.3 is 10.1 Å². The number of ketones is 1. The molecule has 1 aromatic heterocycles. The number of ether oxygens (including phenoxy) is 1. The maximum absolute atomic E-state index is 13.3. The van der Waals surface area contributed by atoms with E-state index < -0.39 is 23.6 Å². The highest BCUT2D eigenvalue weighted by atomic mass is 32.1. The van der Waals surface area contributed by atoms with Crippen molar-refractivity contribution in [3.8, 4) is 0 Å². The molecule has 0 fully saturated rings. The zero-order chi connectivity index (χ0) is 22.3. The highest BCUT2D eigenvalue weighted by Gasteiger charge is 2.41. The molecule has 2 aliphatic rings. The molecule has 1 aliphatic heterocycles. The van der Waals surface area contributed by atoms with Gasteiger partial charge in [0.25, 0.3) is 0 Å². The summed E-state index contributed by atoms with van der Waals surface area (Å²) in [6, 6.07) is 8.55. The van der Waals surface area contributed by atoms with Crippen molar-refractivity contribution < 1.29 is 27.5 Å². The third-order valence-corrected chi connectivity index (χ3v) is 6.78. The Balaban J connectivity index is 1.80. The molecule has 31 heavy (non-hydrogen) atoms. The summed E-state index contributed by atoms with van der Waals surface area (Å²) in [5, 5.41) is 5.17. The molecule has 2 atom stereocenters. The van der Waals surface area contributed by atoms with E-state index >= 15 is 0 Å². The molecule has 0 saturated heterocycles. The molecule has 1 aromatic carbocycles. The van der Waals surface area contributed by atoms with Crippen LogP contribution in [-0.2, 0) is 20.5 Å². The molecule has 0 unspecified atom stereocenters. The molecule has 0 radical (unpaired) electrons. The largest absolute Gasteiger partial charge is 0.466 e. The summed E-state index contributed by atoms with van der Waals surface area (Å²) in [5.41, 5.74) is 1.58. The van der Waals surface area contributed by atoms with Gasteiger partial charge in [-0.1, -0.05) is 18.2 Å². The topological polar surface area (TPSA) is 55.4 Å². The van der Waals surface area contributed by atoms with Crippen molar-refractivity contribution in [2.24, 2.45) is 0 Å². The molecule has 8 heteroatoms. The minimum absolute atomic E-state index is 0.0273. The Bertz CT molecular complexity index is 1080. The van der Waals surface area contributed by atoms with Gasteiger partial charge in [0.1, 0.15) is 0 Å². The summed E-state index contributed by atoms with van der Waals surface area (Å²) in [6.07, 6.45) is -3.60. The smallest absolute Gasteiger partial charge is 0.416 e. The highest BCUT2D eigenvalue weighted by molar-refractivity contribution is 7.10. The van der Waals surface area contributed by atoms with Crippen LogP contribution in [0.4, 0.5) is 13.2 Å². The fourth-order valence-electron chi connectivity index (χ4n) is 4.34. The lowest BCUT2D eigenvalue weighted by atomic mass is 9.72. The number of hydrogen-bond acceptors (Lipinski definition) is 5. The molecule has 4 nitrogen and oxygen atoms in total. The molecule has 1 N–H and O–H groups in total. The van der Waals surface area contributed by atoms with Gasteiger partial charge in [0, 0.05) is 40.1 Å². The first-order chi connectivity index (χ1) is 14.7. The summed E-state index contributed by atoms with van der Waals surface area (Å²) in [6.45, 7) is 1.71. The van der Waals surface area contributed by atoms with E-state index in [1.54, 1.807) is 18.3 Å². The van der Waals surface area contributed by atoms with E-state index in [1.807, 2.05) is 17.5 Å². The molecular formula is C23H20F3NO3S. The molecule has 1 aliphatic carbocycles. The highest BCUT2D eigenvalue weighted by Crippen LogP contribution is 2.46. The number of thiophene rings is 1. The number of carbonyl (C=O) groups is 2. The number of halogens is 3. The number of nitrogens with one attached hydrogen (secondary N) is 1. The molecule has 2 heterocycles. The Labute approximate surface area is 181 Å². The Morgan fingerprint density at radius 2 is 1.87 bits per heavy atom. The van der Waals surface area contributed by atoms with E-state index in [2.05, 4.69) is 5.32 Å². The van der Waals surface area contributed by atoms with Crippen LogP contribution in [0.2, 0.25) is 0 Å². The van der Waals surface area contributed by atoms with Crippen molar-refractivity contribution in [3.63, 3.8) is 0 Å². The average molecular weight is 447 g/mol. The van der Waals surface area contributed by atoms with Crippen molar-refractivity contribution in [2.45, 2.75) is 37.8 Å². The van der Waals surface area contributed by atoms with Crippen LogP contribution < -0.4 is 5.32 Å². The third-order valence-electron chi connectivity index (χ3n) is 5.75. The Kier molecular flexibility index (Phi) is 5.51. The minimum atomic E-state index is -4.47. The van der Waals surface area contributed by atoms with E-state index in [0.717, 1.165) is 17.0 Å². The van der Waals surface area contributed by atoms with Gasteiger partial charge >= 0.3 is 12.1 Å². The van der Waals surface area contributed by atoms with Crippen molar-refractivity contribution in [3.05, 3.63) is 80.3 Å². The zero-order valence-electron chi connectivity index (χ0n) is 16.9. The van der Waals surface area contributed by atoms with Crippen molar-refractivity contribution in [1.82, 2.24) is 5.32 Å². The third kappa shape index (κ3) is 3.92. The standard InChI is InChI=1S/C23H20F3NO3S/c1-12-19(22(29)30-2)20(13-5-7-15(8-6-13)23(24,25)26)21-16(27-12)10-14(11-17(21)28)18-4-3-9-31-18/h3-9,14,20,27H,10-11H2,1-2H3/t14-,20-/m0/s1. The number of esters is 1. The van der Waals surface area contributed by atoms with Crippen LogP contribution in [0.1, 0.15) is 47.6 Å². The number of alkyl halides is 3. The number of carbonyl (C=O) groups excluding carboxylic acids is 2. The molecule has 0 bridgehead atoms. The number of Topliss-reactive ketones (excluding diaryl/α,β-unsaturated/α-hetero) is 1. The van der Waals surface area contributed by atoms with E-state index in [-0.39, 0.29) is 23.7 Å². The first-order valence-corrected chi connectivity index (χ1v) is 10.6. The number of dihydropyridines is 1. The Morgan fingerprint density at radius 3 is 2.45 bits per heavy atom. The summed E-state index contributed by atoms with van der Waals surface area (Å²) < 4.78 is 44.0. The Morgan fingerprint density at radius 1 is 1.16 bits per heavy atom. The molecule has 0 saturated carbocycles. The quantitative estimate of drug-likeness (QED) is 0.649. The first-order valence-electron chi connectivity index (χ1n) is 9.73. The summed E-state index contributed by atoms with van der Waals surface area (Å²) in [4.78, 5) is 27.0. The second-order valence-corrected chi connectivity index (χ2v) is 8.62. The van der Waals surface area contributed by atoms with Crippen LogP contribution in [-0.4, -0.2) is 18.9 Å². The minimum Gasteiger partial charge on any atom is -0.466 e. The molecule has 0 amide bonds. The Hall–Kier alpha value is -2.87. The van der Waals surface area contributed by atoms with Gasteiger partial charge in [0.15, 0.2) is 5.78 Å². The van der Waals surface area contributed by atoms with Gasteiger partial charge in [0.2, 0.25) is 0 Å². The molecule has 162 valence electrons. The van der Waals surface area contributed by atoms with E-state index in [4.69, 9.17) is 4.74 Å². The lowest BCUT2D eigenvalue weighted by Crippen LogP contribution is -2.35. The van der Waals surface area contributed by atoms with Crippen LogP contribution in [0.15, 0.2) is 64.3 Å². The first kappa shape index (κ1) is 21.4. The van der Waals surface area contributed by atoms with E-state index in [9.17, 15) is 22.8 Å². The zero-order valence-corrected chi connectivity index (χ0v) is 17.7. The van der Waals surface area contributed by atoms with E-state index in [0.29, 0.717) is 29.0 Å². The normalized spacial score (nSPS) is 21.6. The second kappa shape index (κ2) is 8.00. The summed E-state index contributed by atoms with van der Waals surface area (Å²) in [7, 11) is 1.24. The van der Waals surface area contributed by atoms with Crippen LogP contribution in [0.25, 0.3) is 0 Å². The fourth-order valence-corrected chi connectivity index (χ4v) is 5.17. The predicted molar refractivity (Wildman–Crippen MR) is 110 cm³/mol. The summed E-state index contributed by atoms with van der Waals surface area (Å²) in [5.74, 6) is -1.48. The van der Waals surface area contributed by atoms with Crippen LogP contribution in [0.3, 0.4) is 0 Å². The van der Waals surface area contributed by atoms with E-state index in [1.165, 1.54) is 19.2 Å². The second-order valence-electron chi connectivity index (χ2n) is 7.64. The molecule has 4 rings (SSSR count). The predicted octanol–water partition coefficient (Wildman–Crippen LogP) is 5.30. The SMILES string of the molecule is COC(=O)C1=C(C)NC2=C(C(=O)C[C@@H](c3cccs3)C2)[C@H]1c1ccc(C(F)(F)F)cc1. The lowest BCUT2D eigenvalue weighted by Gasteiger charge is -2.36. The fraction of sp³-hybridized carbons (Fsp3) is 0.304. The average Bonchev–Trinajstić information content (AvgIpc) is 3.26. The van der Waals surface area contributed by atoms with Crippen molar-refractivity contribution in [1.29, 1.82) is 0 Å². The van der Waals surface area contributed by atoms with Crippen molar-refractivity contribution in [2.75, 3.05) is 7.11 Å². The number of rotatable bonds is 3. The maximum Gasteiger partial charge on any atom is 0.416 e. The molecular weight excluding hydrogens is 427 g/mol. The van der Waals surface area contributed by atoms with Gasteiger partial charge in [-0.2, -0.15) is 13.2 Å². The number of methoxy groups -OCH3 is 1. The lowest BCUT2D eigenvalue weighted by molar-refractivity contribution is -0.138.